The average molecular weight is 381 g/mol. The third kappa shape index (κ3) is 4.33. The fraction of sp³-hybridized carbons (Fsp3) is 0.643. The first kappa shape index (κ1) is 19.3. The van der Waals surface area contributed by atoms with Crippen molar-refractivity contribution in [2.75, 3.05) is 18.5 Å². The van der Waals surface area contributed by atoms with Crippen molar-refractivity contribution in [3.8, 4) is 0 Å². The molecule has 140 valence electrons. The third-order valence-corrected chi connectivity index (χ3v) is 4.16. The lowest BCUT2D eigenvalue weighted by molar-refractivity contribution is -0.205. The summed E-state index contributed by atoms with van der Waals surface area (Å²) in [5.74, 6) is -1.47. The highest BCUT2D eigenvalue weighted by atomic mass is 32.1. The summed E-state index contributed by atoms with van der Waals surface area (Å²) in [6.45, 7) is 2.33. The number of hydrogen-bond acceptors (Lipinski definition) is 7. The Balaban J connectivity index is 2.35. The molecule has 1 fully saturated rings. The first-order valence-corrected chi connectivity index (χ1v) is 8.54. The van der Waals surface area contributed by atoms with E-state index in [1.165, 1.54) is 13.8 Å². The van der Waals surface area contributed by atoms with Crippen molar-refractivity contribution in [1.82, 2.24) is 10.3 Å². The Morgan fingerprint density at radius 3 is 2.44 bits per heavy atom. The Hall–Kier alpha value is -2.04. The third-order valence-electron chi connectivity index (χ3n) is 3.38. The van der Waals surface area contributed by atoms with Gasteiger partial charge in [0.2, 0.25) is 0 Å². The van der Waals surface area contributed by atoms with Crippen molar-refractivity contribution >= 4 is 28.5 Å². The summed E-state index contributed by atoms with van der Waals surface area (Å²) in [5.41, 5.74) is -2.84. The molecular formula is C14H18F3N3O4S. The molecule has 0 unspecified atom stereocenters. The summed E-state index contributed by atoms with van der Waals surface area (Å²) in [4.78, 5) is 27.8. The van der Waals surface area contributed by atoms with Gasteiger partial charge in [-0.2, -0.15) is 13.2 Å². The van der Waals surface area contributed by atoms with Crippen molar-refractivity contribution in [3.63, 3.8) is 0 Å². The molecular weight excluding hydrogens is 363 g/mol. The maximum Gasteiger partial charge on any atom is 0.442 e. The zero-order valence-corrected chi connectivity index (χ0v) is 14.4. The minimum atomic E-state index is -5.20. The number of ether oxygens (including phenoxy) is 2. The second-order valence-corrected chi connectivity index (χ2v) is 6.15. The Morgan fingerprint density at radius 2 is 1.92 bits per heavy atom. The van der Waals surface area contributed by atoms with Gasteiger partial charge in [-0.3, -0.25) is 5.32 Å². The molecule has 0 bridgehead atoms. The fourth-order valence-electron chi connectivity index (χ4n) is 2.02. The highest BCUT2D eigenvalue weighted by Crippen LogP contribution is 2.42. The molecule has 0 spiro atoms. The summed E-state index contributed by atoms with van der Waals surface area (Å²) in [5, 5.41) is 5.03. The SMILES string of the molecule is CCOC(=O)N[C@](Nc1nc(C2CC2)cs1)(C(=O)OCC)C(F)(F)F. The Kier molecular flexibility index (Phi) is 5.76. The first-order chi connectivity index (χ1) is 11.7. The van der Waals surface area contributed by atoms with Gasteiger partial charge in [-0.25, -0.2) is 14.6 Å². The molecule has 2 rings (SSSR count). The van der Waals surface area contributed by atoms with Crippen molar-refractivity contribution < 1.29 is 32.2 Å². The minimum absolute atomic E-state index is 0.149. The summed E-state index contributed by atoms with van der Waals surface area (Å²) in [7, 11) is 0. The van der Waals surface area contributed by atoms with E-state index in [4.69, 9.17) is 0 Å². The highest BCUT2D eigenvalue weighted by molar-refractivity contribution is 7.13. The number of halogens is 3. The quantitative estimate of drug-likeness (QED) is 0.558. The van der Waals surface area contributed by atoms with E-state index in [0.29, 0.717) is 5.69 Å². The maximum absolute atomic E-state index is 13.8. The minimum Gasteiger partial charge on any atom is -0.463 e. The van der Waals surface area contributed by atoms with Crippen LogP contribution < -0.4 is 10.6 Å². The van der Waals surface area contributed by atoms with Crippen molar-refractivity contribution in [3.05, 3.63) is 11.1 Å². The van der Waals surface area contributed by atoms with Gasteiger partial charge in [0.05, 0.1) is 18.9 Å². The predicted octanol–water partition coefficient (Wildman–Crippen LogP) is 3.00. The average Bonchev–Trinajstić information content (AvgIpc) is 3.26. The normalized spacial score (nSPS) is 16.7. The molecule has 1 amide bonds. The number of carbonyl (C=O) groups excluding carboxylic acids is 2. The number of nitrogens with one attached hydrogen (secondary N) is 2. The van der Waals surface area contributed by atoms with Crippen LogP contribution in [0, 0.1) is 0 Å². The number of thiazole rings is 1. The van der Waals surface area contributed by atoms with E-state index in [9.17, 15) is 22.8 Å². The number of alkyl halides is 3. The number of rotatable bonds is 7. The Bertz CT molecular complexity index is 633. The van der Waals surface area contributed by atoms with Gasteiger partial charge in [0.1, 0.15) is 0 Å². The molecule has 1 saturated carbocycles. The van der Waals surface area contributed by atoms with E-state index in [2.05, 4.69) is 14.5 Å². The van der Waals surface area contributed by atoms with Crippen LogP contribution in [0.25, 0.3) is 0 Å². The van der Waals surface area contributed by atoms with E-state index in [-0.39, 0.29) is 24.3 Å². The summed E-state index contributed by atoms with van der Waals surface area (Å²) >= 11 is 0.915. The van der Waals surface area contributed by atoms with E-state index in [1.54, 1.807) is 10.7 Å². The molecule has 11 heteroatoms. The monoisotopic (exact) mass is 381 g/mol. The molecule has 0 saturated heterocycles. The van der Waals surface area contributed by atoms with Crippen LogP contribution in [-0.4, -0.2) is 42.1 Å². The van der Waals surface area contributed by atoms with E-state index in [1.807, 2.05) is 5.32 Å². The number of amides is 1. The Labute approximate surface area is 145 Å². The summed E-state index contributed by atoms with van der Waals surface area (Å²) < 4.78 is 50.3. The van der Waals surface area contributed by atoms with Gasteiger partial charge >= 0.3 is 23.9 Å². The number of nitrogens with zero attached hydrogens (tertiary/aromatic N) is 1. The van der Waals surface area contributed by atoms with Crippen LogP contribution in [0.15, 0.2) is 5.38 Å². The van der Waals surface area contributed by atoms with Crippen LogP contribution in [0.5, 0.6) is 0 Å². The van der Waals surface area contributed by atoms with Gasteiger partial charge in [-0.05, 0) is 26.7 Å². The topological polar surface area (TPSA) is 89.5 Å². The molecule has 0 aromatic carbocycles. The van der Waals surface area contributed by atoms with Gasteiger partial charge in [0, 0.05) is 11.3 Å². The number of aromatic nitrogens is 1. The van der Waals surface area contributed by atoms with Gasteiger partial charge in [-0.15, -0.1) is 11.3 Å². The molecule has 1 aromatic heterocycles. The molecule has 1 atom stereocenters. The number of alkyl carbamates (subject to hydrolysis) is 1. The maximum atomic E-state index is 13.8. The van der Waals surface area contributed by atoms with E-state index >= 15 is 0 Å². The smallest absolute Gasteiger partial charge is 0.442 e. The summed E-state index contributed by atoms with van der Waals surface area (Å²) in [6.07, 6.45) is -4.75. The van der Waals surface area contributed by atoms with Crippen molar-refractivity contribution in [1.29, 1.82) is 0 Å². The van der Waals surface area contributed by atoms with Gasteiger partial charge < -0.3 is 14.8 Å². The fourth-order valence-corrected chi connectivity index (χ4v) is 2.87. The zero-order valence-electron chi connectivity index (χ0n) is 13.6. The Morgan fingerprint density at radius 1 is 1.28 bits per heavy atom. The second-order valence-electron chi connectivity index (χ2n) is 5.29. The van der Waals surface area contributed by atoms with Crippen LogP contribution in [-0.2, 0) is 14.3 Å². The first-order valence-electron chi connectivity index (χ1n) is 7.66. The second kappa shape index (κ2) is 7.46. The van der Waals surface area contributed by atoms with Crippen LogP contribution >= 0.6 is 11.3 Å². The molecule has 2 N–H and O–H groups in total. The number of carbonyl (C=O) groups is 2. The van der Waals surface area contributed by atoms with E-state index in [0.717, 1.165) is 24.2 Å². The molecule has 1 aromatic rings. The number of hydrogen-bond donors (Lipinski definition) is 2. The molecule has 1 aliphatic rings. The summed E-state index contributed by atoms with van der Waals surface area (Å²) in [6, 6.07) is 0. The van der Waals surface area contributed by atoms with Crippen LogP contribution in [0.3, 0.4) is 0 Å². The zero-order chi connectivity index (χ0) is 18.7. The molecule has 25 heavy (non-hydrogen) atoms. The standard InChI is InChI=1S/C14H18F3N3O4S/c1-3-23-10(21)13(14(15,16)17,20-12(22)24-4-2)19-11-18-9(7-25-11)8-5-6-8/h7-8H,3-6H2,1-2H3,(H,18,19)(H,20,22)/t13-/m1/s1. The van der Waals surface area contributed by atoms with Crippen LogP contribution in [0.1, 0.15) is 38.3 Å². The largest absolute Gasteiger partial charge is 0.463 e. The molecule has 0 aliphatic heterocycles. The van der Waals surface area contributed by atoms with E-state index < -0.39 is 23.9 Å². The molecule has 0 radical (unpaired) electrons. The molecule has 1 heterocycles. The molecule has 1 aliphatic carbocycles. The van der Waals surface area contributed by atoms with Gasteiger partial charge in [-0.1, -0.05) is 0 Å². The lowest BCUT2D eigenvalue weighted by atomic mass is 10.1. The predicted molar refractivity (Wildman–Crippen MR) is 83.3 cm³/mol. The number of anilines is 1. The lowest BCUT2D eigenvalue weighted by Crippen LogP contribution is -2.69. The number of esters is 1. The van der Waals surface area contributed by atoms with Crippen molar-refractivity contribution in [2.45, 2.75) is 44.4 Å². The van der Waals surface area contributed by atoms with Gasteiger partial charge in [0.15, 0.2) is 5.13 Å². The van der Waals surface area contributed by atoms with Gasteiger partial charge in [0.25, 0.3) is 0 Å². The lowest BCUT2D eigenvalue weighted by Gasteiger charge is -2.33. The highest BCUT2D eigenvalue weighted by Gasteiger charge is 2.64. The van der Waals surface area contributed by atoms with Crippen LogP contribution in [0.4, 0.5) is 23.1 Å². The molecule has 7 nitrogen and oxygen atoms in total. The van der Waals surface area contributed by atoms with Crippen molar-refractivity contribution in [2.24, 2.45) is 0 Å². The van der Waals surface area contributed by atoms with Crippen LogP contribution in [0.2, 0.25) is 0 Å².